The third-order valence-electron chi connectivity index (χ3n) is 2.89. The number of aryl methyl sites for hydroxylation is 1. The van der Waals surface area contributed by atoms with Crippen molar-refractivity contribution in [2.24, 2.45) is 0 Å². The summed E-state index contributed by atoms with van der Waals surface area (Å²) in [4.78, 5) is 7.60. The molecule has 1 aliphatic heterocycles. The van der Waals surface area contributed by atoms with Crippen LogP contribution in [0, 0.1) is 6.92 Å². The van der Waals surface area contributed by atoms with Gasteiger partial charge in [-0.15, -0.1) is 0 Å². The normalized spacial score (nSPS) is 16.5. The first kappa shape index (κ1) is 13.4. The lowest BCUT2D eigenvalue weighted by Crippen LogP contribution is -2.43. The Morgan fingerprint density at radius 2 is 2.22 bits per heavy atom. The molecule has 0 spiro atoms. The second-order valence-corrected chi connectivity index (χ2v) is 4.93. The molecule has 4 nitrogen and oxygen atoms in total. The molecule has 2 heterocycles. The van der Waals surface area contributed by atoms with Crippen molar-refractivity contribution < 1.29 is 4.74 Å². The lowest BCUT2D eigenvalue weighted by Gasteiger charge is -2.27. The van der Waals surface area contributed by atoms with Crippen LogP contribution in [0.3, 0.4) is 0 Å². The van der Waals surface area contributed by atoms with Crippen LogP contribution in [-0.2, 0) is 11.2 Å². The second kappa shape index (κ2) is 6.78. The van der Waals surface area contributed by atoms with Crippen LogP contribution in [0.4, 0.5) is 0 Å². The van der Waals surface area contributed by atoms with Crippen molar-refractivity contribution in [1.82, 2.24) is 15.2 Å². The van der Waals surface area contributed by atoms with Crippen LogP contribution in [0.2, 0.25) is 0 Å². The number of rotatable bonds is 4. The van der Waals surface area contributed by atoms with Gasteiger partial charge in [-0.1, -0.05) is 18.3 Å². The zero-order valence-corrected chi connectivity index (χ0v) is 11.5. The Morgan fingerprint density at radius 3 is 2.94 bits per heavy atom. The van der Waals surface area contributed by atoms with E-state index < -0.39 is 0 Å². The van der Waals surface area contributed by atoms with Crippen LogP contribution in [-0.4, -0.2) is 47.8 Å². The number of aromatic nitrogens is 1. The topological polar surface area (TPSA) is 37.4 Å². The first-order valence-corrected chi connectivity index (χ1v) is 6.64. The van der Waals surface area contributed by atoms with Crippen molar-refractivity contribution in [3.63, 3.8) is 0 Å². The molecular weight excluding hydrogens is 246 g/mol. The molecule has 1 N–H and O–H groups in total. The molecule has 98 valence electrons. The number of pyridine rings is 1. The fourth-order valence-electron chi connectivity index (χ4n) is 1.88. The average molecular weight is 265 g/mol. The van der Waals surface area contributed by atoms with E-state index in [0.717, 1.165) is 49.3 Å². The van der Waals surface area contributed by atoms with Gasteiger partial charge in [-0.3, -0.25) is 9.88 Å². The van der Waals surface area contributed by atoms with Crippen molar-refractivity contribution >= 4 is 17.2 Å². The van der Waals surface area contributed by atoms with E-state index in [1.165, 1.54) is 0 Å². The van der Waals surface area contributed by atoms with Gasteiger partial charge in [0.05, 0.1) is 24.9 Å². The molecule has 1 aliphatic rings. The van der Waals surface area contributed by atoms with Crippen LogP contribution >= 0.6 is 12.2 Å². The van der Waals surface area contributed by atoms with Crippen molar-refractivity contribution in [1.29, 1.82) is 0 Å². The predicted molar refractivity (Wildman–Crippen MR) is 75.7 cm³/mol. The molecule has 1 aromatic rings. The van der Waals surface area contributed by atoms with E-state index in [1.807, 2.05) is 25.1 Å². The van der Waals surface area contributed by atoms with Crippen molar-refractivity contribution in [3.8, 4) is 0 Å². The minimum absolute atomic E-state index is 0.710. The third kappa shape index (κ3) is 4.33. The van der Waals surface area contributed by atoms with E-state index in [1.54, 1.807) is 0 Å². The predicted octanol–water partition coefficient (Wildman–Crippen LogP) is 1.14. The van der Waals surface area contributed by atoms with Crippen LogP contribution < -0.4 is 5.32 Å². The zero-order valence-electron chi connectivity index (χ0n) is 10.7. The van der Waals surface area contributed by atoms with Crippen molar-refractivity contribution in [3.05, 3.63) is 29.6 Å². The molecule has 0 aliphatic carbocycles. The highest BCUT2D eigenvalue weighted by molar-refractivity contribution is 7.80. The maximum atomic E-state index is 5.34. The highest BCUT2D eigenvalue weighted by Crippen LogP contribution is 2.00. The molecule has 1 aromatic heterocycles. The van der Waals surface area contributed by atoms with Gasteiger partial charge in [0.25, 0.3) is 0 Å². The highest BCUT2D eigenvalue weighted by Gasteiger charge is 2.10. The molecule has 0 saturated carbocycles. The molecule has 1 fully saturated rings. The quantitative estimate of drug-likeness (QED) is 0.826. The number of morpholine rings is 1. The van der Waals surface area contributed by atoms with Crippen LogP contribution in [0.15, 0.2) is 18.2 Å². The first-order valence-electron chi connectivity index (χ1n) is 6.23. The maximum Gasteiger partial charge on any atom is 0.0823 e. The summed E-state index contributed by atoms with van der Waals surface area (Å²) in [6.45, 7) is 6.36. The van der Waals surface area contributed by atoms with Crippen LogP contribution in [0.25, 0.3) is 0 Å². The van der Waals surface area contributed by atoms with Gasteiger partial charge < -0.3 is 10.1 Å². The van der Waals surface area contributed by atoms with Gasteiger partial charge in [0.15, 0.2) is 0 Å². The fourth-order valence-corrected chi connectivity index (χ4v) is 2.10. The summed E-state index contributed by atoms with van der Waals surface area (Å²) in [7, 11) is 0. The molecule has 0 bridgehead atoms. The van der Waals surface area contributed by atoms with Crippen LogP contribution in [0.5, 0.6) is 0 Å². The number of hydrogen-bond acceptors (Lipinski definition) is 4. The minimum Gasteiger partial charge on any atom is -0.379 e. The summed E-state index contributed by atoms with van der Waals surface area (Å²) in [6, 6.07) is 6.02. The van der Waals surface area contributed by atoms with Gasteiger partial charge in [-0.2, -0.15) is 0 Å². The molecule has 0 amide bonds. The Bertz CT molecular complexity index is 405. The van der Waals surface area contributed by atoms with Crippen LogP contribution in [0.1, 0.15) is 11.4 Å². The Hall–Kier alpha value is -1.04. The molecule has 0 unspecified atom stereocenters. The Kier molecular flexibility index (Phi) is 5.04. The summed E-state index contributed by atoms with van der Waals surface area (Å²) in [5, 5.41) is 3.28. The van der Waals surface area contributed by atoms with E-state index in [4.69, 9.17) is 17.0 Å². The van der Waals surface area contributed by atoms with E-state index in [-0.39, 0.29) is 0 Å². The van der Waals surface area contributed by atoms with Gasteiger partial charge >= 0.3 is 0 Å². The molecule has 18 heavy (non-hydrogen) atoms. The molecule has 0 atom stereocenters. The standard InChI is InChI=1S/C13H19N3OS/c1-11-3-2-4-12(15-11)9-13(18)14-10-16-5-7-17-8-6-16/h2-4H,5-10H2,1H3,(H,14,18). The lowest BCUT2D eigenvalue weighted by atomic mass is 10.2. The van der Waals surface area contributed by atoms with Gasteiger partial charge in [0, 0.05) is 30.9 Å². The maximum absolute atomic E-state index is 5.34. The zero-order chi connectivity index (χ0) is 12.8. The number of ether oxygens (including phenoxy) is 1. The Labute approximate surface area is 113 Å². The number of hydrogen-bond donors (Lipinski definition) is 1. The molecule has 1 saturated heterocycles. The first-order chi connectivity index (χ1) is 8.74. The number of nitrogens with zero attached hydrogens (tertiary/aromatic N) is 2. The van der Waals surface area contributed by atoms with E-state index >= 15 is 0 Å². The van der Waals surface area contributed by atoms with Gasteiger partial charge in [0.2, 0.25) is 0 Å². The summed E-state index contributed by atoms with van der Waals surface area (Å²) >= 11 is 5.34. The smallest absolute Gasteiger partial charge is 0.0823 e. The molecule has 0 radical (unpaired) electrons. The lowest BCUT2D eigenvalue weighted by molar-refractivity contribution is 0.0367. The number of nitrogens with one attached hydrogen (secondary N) is 1. The van der Waals surface area contributed by atoms with E-state index in [9.17, 15) is 0 Å². The minimum atomic E-state index is 0.710. The van der Waals surface area contributed by atoms with Gasteiger partial charge in [-0.25, -0.2) is 0 Å². The molecular formula is C13H19N3OS. The van der Waals surface area contributed by atoms with Gasteiger partial charge in [-0.05, 0) is 19.1 Å². The Morgan fingerprint density at radius 1 is 1.44 bits per heavy atom. The largest absolute Gasteiger partial charge is 0.379 e. The van der Waals surface area contributed by atoms with Gasteiger partial charge in [0.1, 0.15) is 0 Å². The molecule has 2 rings (SSSR count). The van der Waals surface area contributed by atoms with E-state index in [0.29, 0.717) is 6.42 Å². The number of thiocarbonyl (C=S) groups is 1. The van der Waals surface area contributed by atoms with Crippen molar-refractivity contribution in [2.45, 2.75) is 13.3 Å². The third-order valence-corrected chi connectivity index (χ3v) is 3.18. The fraction of sp³-hybridized carbons (Fsp3) is 0.538. The Balaban J connectivity index is 1.74. The monoisotopic (exact) mass is 265 g/mol. The summed E-state index contributed by atoms with van der Waals surface area (Å²) < 4.78 is 5.30. The van der Waals surface area contributed by atoms with E-state index in [2.05, 4.69) is 15.2 Å². The SMILES string of the molecule is Cc1cccc(CC(=S)NCN2CCOCC2)n1. The highest BCUT2D eigenvalue weighted by atomic mass is 32.1. The molecule has 0 aromatic carbocycles. The van der Waals surface area contributed by atoms with Crippen molar-refractivity contribution in [2.75, 3.05) is 33.0 Å². The summed E-state index contributed by atoms with van der Waals surface area (Å²) in [5.74, 6) is 0. The summed E-state index contributed by atoms with van der Waals surface area (Å²) in [6.07, 6.45) is 0.710. The average Bonchev–Trinajstić information content (AvgIpc) is 2.38. The molecule has 5 heteroatoms. The summed E-state index contributed by atoms with van der Waals surface area (Å²) in [5.41, 5.74) is 2.05. The second-order valence-electron chi connectivity index (χ2n) is 4.44.